The van der Waals surface area contributed by atoms with Crippen LogP contribution in [0.5, 0.6) is 0 Å². The van der Waals surface area contributed by atoms with Gasteiger partial charge in [-0.05, 0) is 57.9 Å². The fourth-order valence-electron chi connectivity index (χ4n) is 4.81. The van der Waals surface area contributed by atoms with Crippen LogP contribution < -0.4 is 15.5 Å². The molecule has 15 heteroatoms. The van der Waals surface area contributed by atoms with E-state index in [4.69, 9.17) is 19.4 Å². The van der Waals surface area contributed by atoms with Crippen molar-refractivity contribution in [3.05, 3.63) is 24.3 Å². The van der Waals surface area contributed by atoms with Crippen LogP contribution in [-0.2, 0) is 14.2 Å². The van der Waals surface area contributed by atoms with Crippen LogP contribution in [0.4, 0.5) is 25.9 Å². The minimum atomic E-state index is -0.859. The molecule has 0 spiro atoms. The average molecular weight is 582 g/mol. The number of carbonyl (C=O) groups is 3. The molecule has 0 bridgehead atoms. The van der Waals surface area contributed by atoms with Crippen LogP contribution >= 0.6 is 0 Å². The van der Waals surface area contributed by atoms with Gasteiger partial charge in [0.2, 0.25) is 0 Å². The Balaban J connectivity index is 1.41. The third-order valence-corrected chi connectivity index (χ3v) is 6.88. The number of amides is 4. The van der Waals surface area contributed by atoms with Crippen LogP contribution in [-0.4, -0.2) is 100 Å². The number of piperidine rings is 1. The van der Waals surface area contributed by atoms with Gasteiger partial charge in [0.05, 0.1) is 26.4 Å². The maximum absolute atomic E-state index is 12.6. The maximum Gasteiger partial charge on any atom is 0.415 e. The van der Waals surface area contributed by atoms with Gasteiger partial charge >= 0.3 is 18.2 Å². The molecular formula is C27H35N9O6. The van der Waals surface area contributed by atoms with Crippen LogP contribution in [0.25, 0.3) is 22.6 Å². The van der Waals surface area contributed by atoms with Crippen molar-refractivity contribution in [3.63, 3.8) is 0 Å². The molecule has 2 fully saturated rings. The number of fused-ring (bicyclic) bond motifs is 1. The minimum Gasteiger partial charge on any atom is -0.453 e. The van der Waals surface area contributed by atoms with Crippen molar-refractivity contribution >= 4 is 40.9 Å². The maximum atomic E-state index is 12.6. The second kappa shape index (κ2) is 12.1. The molecule has 42 heavy (non-hydrogen) atoms. The molecule has 2 aliphatic rings. The van der Waals surface area contributed by atoms with Crippen molar-refractivity contribution in [1.82, 2.24) is 35.2 Å². The number of hydrogen-bond acceptors (Lipinski definition) is 11. The van der Waals surface area contributed by atoms with E-state index in [0.29, 0.717) is 80.7 Å². The molecule has 0 atom stereocenters. The summed E-state index contributed by atoms with van der Waals surface area (Å²) < 4.78 is 17.4. The van der Waals surface area contributed by atoms with Gasteiger partial charge in [-0.15, -0.1) is 5.10 Å². The van der Waals surface area contributed by atoms with Gasteiger partial charge in [0.15, 0.2) is 22.8 Å². The molecule has 2 saturated heterocycles. The molecule has 224 valence electrons. The van der Waals surface area contributed by atoms with E-state index >= 15 is 0 Å². The smallest absolute Gasteiger partial charge is 0.415 e. The number of aromatic nitrogens is 5. The van der Waals surface area contributed by atoms with Crippen LogP contribution in [0.15, 0.2) is 24.3 Å². The van der Waals surface area contributed by atoms with Crippen LogP contribution in [0, 0.1) is 0 Å². The van der Waals surface area contributed by atoms with Gasteiger partial charge in [-0.3, -0.25) is 0 Å². The number of rotatable bonds is 4. The van der Waals surface area contributed by atoms with Crippen LogP contribution in [0.2, 0.25) is 0 Å². The van der Waals surface area contributed by atoms with E-state index in [0.717, 1.165) is 5.56 Å². The summed E-state index contributed by atoms with van der Waals surface area (Å²) in [5.74, 6) is 1.15. The first-order valence-electron chi connectivity index (χ1n) is 13.8. The number of morpholine rings is 1. The first-order valence-corrected chi connectivity index (χ1v) is 13.8. The van der Waals surface area contributed by atoms with Gasteiger partial charge in [0.25, 0.3) is 0 Å². The standard InChI is InChI=1S/C27H35N9O6/c1-27(2,3)42-26(39)35-11-9-19(10-12-35)36-23-20(32-33-36)22(34-13-15-41-16-14-34)29-21(30-23)17-5-7-18(8-6-17)28-24(37)31-25(38)40-4/h5-8,19H,9-16H2,1-4H3,(H2,28,31,37,38). The van der Waals surface area contributed by atoms with Crippen molar-refractivity contribution < 1.29 is 28.6 Å². The van der Waals surface area contributed by atoms with E-state index in [1.807, 2.05) is 30.8 Å². The number of benzene rings is 1. The molecule has 2 aliphatic heterocycles. The second-order valence-corrected chi connectivity index (χ2v) is 11.0. The molecule has 0 unspecified atom stereocenters. The topological polar surface area (TPSA) is 166 Å². The van der Waals surface area contributed by atoms with E-state index in [1.165, 1.54) is 7.11 Å². The third-order valence-electron chi connectivity index (χ3n) is 6.88. The predicted molar refractivity (Wildman–Crippen MR) is 152 cm³/mol. The van der Waals surface area contributed by atoms with Gasteiger partial charge in [-0.1, -0.05) is 5.21 Å². The Bertz CT molecular complexity index is 1440. The summed E-state index contributed by atoms with van der Waals surface area (Å²) in [4.78, 5) is 49.4. The lowest BCUT2D eigenvalue weighted by Crippen LogP contribution is -2.42. The quantitative estimate of drug-likeness (QED) is 0.465. The molecular weight excluding hydrogens is 546 g/mol. The Hall–Kier alpha value is -4.53. The van der Waals surface area contributed by atoms with Gasteiger partial charge < -0.3 is 29.3 Å². The monoisotopic (exact) mass is 581 g/mol. The zero-order valence-corrected chi connectivity index (χ0v) is 24.1. The number of carbonyl (C=O) groups excluding carboxylic acids is 3. The average Bonchev–Trinajstić information content (AvgIpc) is 3.40. The molecule has 2 aromatic heterocycles. The number of urea groups is 1. The highest BCUT2D eigenvalue weighted by atomic mass is 16.6. The first-order chi connectivity index (χ1) is 20.1. The van der Waals surface area contributed by atoms with Crippen LogP contribution in [0.3, 0.4) is 0 Å². The third kappa shape index (κ3) is 6.67. The molecule has 1 aromatic carbocycles. The van der Waals surface area contributed by atoms with E-state index < -0.39 is 17.7 Å². The van der Waals surface area contributed by atoms with Crippen molar-refractivity contribution in [2.75, 3.05) is 56.7 Å². The summed E-state index contributed by atoms with van der Waals surface area (Å²) in [7, 11) is 1.17. The fourth-order valence-corrected chi connectivity index (χ4v) is 4.81. The number of methoxy groups -OCH3 is 1. The second-order valence-electron chi connectivity index (χ2n) is 11.0. The van der Waals surface area contributed by atoms with Crippen LogP contribution in [0.1, 0.15) is 39.7 Å². The molecule has 0 aliphatic carbocycles. The highest BCUT2D eigenvalue weighted by Gasteiger charge is 2.30. The zero-order valence-electron chi connectivity index (χ0n) is 24.1. The number of imide groups is 1. The molecule has 3 aromatic rings. The molecule has 2 N–H and O–H groups in total. The Morgan fingerprint density at radius 3 is 2.33 bits per heavy atom. The Morgan fingerprint density at radius 1 is 1.00 bits per heavy atom. The number of hydrogen-bond donors (Lipinski definition) is 2. The van der Waals surface area contributed by atoms with Gasteiger partial charge in [-0.2, -0.15) is 0 Å². The Morgan fingerprint density at radius 2 is 1.69 bits per heavy atom. The highest BCUT2D eigenvalue weighted by Crippen LogP contribution is 2.31. The normalized spacial score (nSPS) is 16.3. The Kier molecular flexibility index (Phi) is 8.38. The molecule has 4 heterocycles. The number of anilines is 2. The number of nitrogens with one attached hydrogen (secondary N) is 2. The fraction of sp³-hybridized carbons (Fsp3) is 0.519. The predicted octanol–water partition coefficient (Wildman–Crippen LogP) is 3.18. The molecule has 0 radical (unpaired) electrons. The number of likely N-dealkylation sites (tertiary alicyclic amines) is 1. The lowest BCUT2D eigenvalue weighted by atomic mass is 10.1. The first kappa shape index (κ1) is 29.0. The van der Waals surface area contributed by atoms with E-state index in [2.05, 4.69) is 25.3 Å². The summed E-state index contributed by atoms with van der Waals surface area (Å²) in [6, 6.07) is 6.23. The minimum absolute atomic E-state index is 0.00567. The summed E-state index contributed by atoms with van der Waals surface area (Å²) in [6.45, 7) is 9.10. The molecule has 15 nitrogen and oxygen atoms in total. The van der Waals surface area contributed by atoms with Gasteiger partial charge in [0, 0.05) is 37.4 Å². The largest absolute Gasteiger partial charge is 0.453 e. The summed E-state index contributed by atoms with van der Waals surface area (Å²) in [5.41, 5.74) is 1.85. The molecule has 0 saturated carbocycles. The van der Waals surface area contributed by atoms with Gasteiger partial charge in [0.1, 0.15) is 5.60 Å². The summed E-state index contributed by atoms with van der Waals surface area (Å²) in [6.07, 6.45) is 0.182. The van der Waals surface area contributed by atoms with Crippen molar-refractivity contribution in [3.8, 4) is 11.4 Å². The lowest BCUT2D eigenvalue weighted by Gasteiger charge is -2.33. The Labute approximate surface area is 242 Å². The number of nitrogens with zero attached hydrogens (tertiary/aromatic N) is 7. The lowest BCUT2D eigenvalue weighted by molar-refractivity contribution is 0.0185. The van der Waals surface area contributed by atoms with E-state index in [9.17, 15) is 14.4 Å². The summed E-state index contributed by atoms with van der Waals surface area (Å²) in [5, 5.41) is 13.6. The molecule has 4 amide bonds. The van der Waals surface area contributed by atoms with Crippen molar-refractivity contribution in [2.24, 2.45) is 0 Å². The summed E-state index contributed by atoms with van der Waals surface area (Å²) >= 11 is 0. The number of alkyl carbamates (subject to hydrolysis) is 1. The van der Waals surface area contributed by atoms with E-state index in [1.54, 1.807) is 29.2 Å². The van der Waals surface area contributed by atoms with E-state index in [-0.39, 0.29) is 12.1 Å². The SMILES string of the molecule is COC(=O)NC(=O)Nc1ccc(-c2nc(N3CCOCC3)c3nnn(C4CCN(C(=O)OC(C)(C)C)CC4)c3n2)cc1. The number of ether oxygens (including phenoxy) is 3. The van der Waals surface area contributed by atoms with Crippen molar-refractivity contribution in [2.45, 2.75) is 45.3 Å². The highest BCUT2D eigenvalue weighted by molar-refractivity contribution is 5.99. The van der Waals surface area contributed by atoms with Gasteiger partial charge in [-0.25, -0.2) is 34.4 Å². The zero-order chi connectivity index (χ0) is 29.9. The van der Waals surface area contributed by atoms with Crippen molar-refractivity contribution in [1.29, 1.82) is 0 Å². The molecule has 5 rings (SSSR count).